The van der Waals surface area contributed by atoms with Crippen LogP contribution in [0.5, 0.6) is 0 Å². The van der Waals surface area contributed by atoms with Crippen molar-refractivity contribution < 1.29 is 13.2 Å². The largest absolute Gasteiger partial charge is 0.384 e. The maximum atomic E-state index is 13.1. The Morgan fingerprint density at radius 2 is 1.88 bits per heavy atom. The Kier molecular flexibility index (Phi) is 6.07. The molecule has 0 bridgehead atoms. The number of rotatable bonds is 6. The van der Waals surface area contributed by atoms with E-state index in [4.69, 9.17) is 5.73 Å². The fourth-order valence-corrected chi connectivity index (χ4v) is 5.32. The minimum Gasteiger partial charge on any atom is -0.384 e. The highest BCUT2D eigenvalue weighted by atomic mass is 32.2. The van der Waals surface area contributed by atoms with Gasteiger partial charge in [-0.3, -0.25) is 4.79 Å². The number of hydrogen-bond acceptors (Lipinski definition) is 7. The molecule has 1 fully saturated rings. The highest BCUT2D eigenvalue weighted by Gasteiger charge is 2.43. The van der Waals surface area contributed by atoms with E-state index < -0.39 is 15.9 Å². The van der Waals surface area contributed by atoms with Crippen molar-refractivity contribution in [3.8, 4) is 0 Å². The van der Waals surface area contributed by atoms with Crippen molar-refractivity contribution in [3.05, 3.63) is 78.0 Å². The Labute approximate surface area is 193 Å². The van der Waals surface area contributed by atoms with Crippen molar-refractivity contribution in [2.45, 2.75) is 37.3 Å². The lowest BCUT2D eigenvalue weighted by atomic mass is 9.83. The van der Waals surface area contributed by atoms with Gasteiger partial charge in [0.05, 0.1) is 5.56 Å². The monoisotopic (exact) mass is 465 g/mol. The average Bonchev–Trinajstić information content (AvgIpc) is 3.07. The lowest BCUT2D eigenvalue weighted by Gasteiger charge is -2.37. The number of nitrogens with two attached hydrogens (primary N) is 1. The van der Waals surface area contributed by atoms with E-state index >= 15 is 0 Å². The quantitative estimate of drug-likeness (QED) is 0.574. The maximum absolute atomic E-state index is 13.1. The summed E-state index contributed by atoms with van der Waals surface area (Å²) >= 11 is 0. The Bertz CT molecular complexity index is 1260. The summed E-state index contributed by atoms with van der Waals surface area (Å²) in [5.41, 5.74) is 6.77. The fourth-order valence-electron chi connectivity index (χ4n) is 4.38. The van der Waals surface area contributed by atoms with Gasteiger partial charge >= 0.3 is 0 Å². The zero-order valence-electron chi connectivity index (χ0n) is 18.6. The number of benzene rings is 1. The average molecular weight is 466 g/mol. The van der Waals surface area contributed by atoms with E-state index in [2.05, 4.69) is 45.6 Å². The first-order valence-electron chi connectivity index (χ1n) is 10.7. The molecule has 1 aliphatic heterocycles. The molecule has 172 valence electrons. The van der Waals surface area contributed by atoms with Crippen LogP contribution in [0.1, 0.15) is 36.2 Å². The van der Waals surface area contributed by atoms with Gasteiger partial charge in [-0.25, -0.2) is 14.7 Å². The molecular formula is C24H27N5O3S. The summed E-state index contributed by atoms with van der Waals surface area (Å²) in [6.07, 6.45) is 3.46. The van der Waals surface area contributed by atoms with Crippen molar-refractivity contribution in [2.24, 2.45) is 5.92 Å². The molecule has 9 heteroatoms. The predicted octanol–water partition coefficient (Wildman–Crippen LogP) is 3.03. The van der Waals surface area contributed by atoms with Gasteiger partial charge in [0, 0.05) is 18.3 Å². The van der Waals surface area contributed by atoms with Gasteiger partial charge in [0.25, 0.3) is 15.9 Å². The number of carbonyl (C=O) groups is 1. The van der Waals surface area contributed by atoms with Crippen LogP contribution in [0, 0.1) is 5.92 Å². The van der Waals surface area contributed by atoms with Crippen LogP contribution in [0.4, 0.5) is 11.6 Å². The smallest absolute Gasteiger partial charge is 0.281 e. The van der Waals surface area contributed by atoms with Gasteiger partial charge in [-0.05, 0) is 62.4 Å². The van der Waals surface area contributed by atoms with Gasteiger partial charge in [0.2, 0.25) is 0 Å². The van der Waals surface area contributed by atoms with Crippen LogP contribution in [0.2, 0.25) is 0 Å². The maximum Gasteiger partial charge on any atom is 0.281 e. The molecule has 3 aromatic rings. The van der Waals surface area contributed by atoms with E-state index in [1.165, 1.54) is 23.8 Å². The lowest BCUT2D eigenvalue weighted by Crippen LogP contribution is -2.45. The van der Waals surface area contributed by atoms with Gasteiger partial charge in [0.15, 0.2) is 5.03 Å². The van der Waals surface area contributed by atoms with Crippen LogP contribution in [-0.2, 0) is 16.4 Å². The number of carbonyl (C=O) groups excluding carboxylic acids is 1. The highest BCUT2D eigenvalue weighted by Crippen LogP contribution is 2.40. The van der Waals surface area contributed by atoms with E-state index in [0.717, 1.165) is 12.8 Å². The number of pyridine rings is 2. The van der Waals surface area contributed by atoms with Crippen molar-refractivity contribution in [3.63, 3.8) is 0 Å². The molecule has 4 rings (SSSR count). The van der Waals surface area contributed by atoms with Crippen LogP contribution in [0.25, 0.3) is 0 Å². The number of aromatic nitrogens is 2. The molecule has 1 unspecified atom stereocenters. The van der Waals surface area contributed by atoms with Crippen LogP contribution in [-0.4, -0.2) is 36.4 Å². The fraction of sp³-hybridized carbons (Fsp3) is 0.292. The summed E-state index contributed by atoms with van der Waals surface area (Å²) in [6, 6.07) is 17.7. The van der Waals surface area contributed by atoms with Crippen molar-refractivity contribution in [2.75, 3.05) is 17.2 Å². The summed E-state index contributed by atoms with van der Waals surface area (Å²) in [7, 11) is -4.19. The van der Waals surface area contributed by atoms with Crippen molar-refractivity contribution in [1.29, 1.82) is 0 Å². The van der Waals surface area contributed by atoms with Crippen LogP contribution < -0.4 is 15.4 Å². The molecular weight excluding hydrogens is 438 g/mol. The number of nitrogen functional groups attached to an aromatic ring is 1. The predicted molar refractivity (Wildman–Crippen MR) is 127 cm³/mol. The second kappa shape index (κ2) is 8.82. The summed E-state index contributed by atoms with van der Waals surface area (Å²) in [5, 5.41) is -0.314. The molecule has 0 spiro atoms. The standard InChI is InChI=1S/C24H27N5O3S/c1-24(2)18(16-17-8-4-3-5-9-17)13-15-29(24)22-19(10-7-14-26-22)23(30)28-33(31,32)21-12-6-11-20(25)27-21/h3-12,14,18H,13,15-16H2,1-2H3,(H2,25,27)(H,28,30). The van der Waals surface area contributed by atoms with Crippen molar-refractivity contribution in [1.82, 2.24) is 14.7 Å². The Hall–Kier alpha value is -3.46. The van der Waals surface area contributed by atoms with E-state index in [-0.39, 0.29) is 21.9 Å². The molecule has 1 atom stereocenters. The Balaban J connectivity index is 1.59. The molecule has 0 radical (unpaired) electrons. The molecule has 1 aliphatic rings. The van der Waals surface area contributed by atoms with Gasteiger partial charge in [0.1, 0.15) is 11.6 Å². The molecule has 3 heterocycles. The zero-order valence-corrected chi connectivity index (χ0v) is 19.4. The first-order chi connectivity index (χ1) is 15.7. The highest BCUT2D eigenvalue weighted by molar-refractivity contribution is 7.90. The third-order valence-corrected chi connectivity index (χ3v) is 7.49. The molecule has 2 aromatic heterocycles. The van der Waals surface area contributed by atoms with Gasteiger partial charge in [-0.15, -0.1) is 0 Å². The van der Waals surface area contributed by atoms with Gasteiger partial charge in [-0.2, -0.15) is 8.42 Å². The van der Waals surface area contributed by atoms with Crippen LogP contribution >= 0.6 is 0 Å². The van der Waals surface area contributed by atoms with E-state index in [1.807, 2.05) is 18.2 Å². The van der Waals surface area contributed by atoms with Crippen LogP contribution in [0.3, 0.4) is 0 Å². The SMILES string of the molecule is CC1(C)C(Cc2ccccc2)CCN1c1ncccc1C(=O)NS(=O)(=O)c1cccc(N)n1. The molecule has 33 heavy (non-hydrogen) atoms. The topological polar surface area (TPSA) is 118 Å². The molecule has 0 aliphatic carbocycles. The van der Waals surface area contributed by atoms with E-state index in [0.29, 0.717) is 18.3 Å². The summed E-state index contributed by atoms with van der Waals surface area (Å²) in [4.78, 5) is 23.4. The molecule has 1 aromatic carbocycles. The first kappa shape index (κ1) is 22.7. The third-order valence-electron chi connectivity index (χ3n) is 6.26. The minimum absolute atomic E-state index is 0.0515. The number of anilines is 2. The molecule has 1 amide bonds. The molecule has 0 saturated carbocycles. The zero-order chi connectivity index (χ0) is 23.6. The molecule has 1 saturated heterocycles. The van der Waals surface area contributed by atoms with Gasteiger partial charge in [-0.1, -0.05) is 36.4 Å². The minimum atomic E-state index is -4.19. The Morgan fingerprint density at radius 3 is 2.61 bits per heavy atom. The normalized spacial score (nSPS) is 17.6. The molecule has 8 nitrogen and oxygen atoms in total. The van der Waals surface area contributed by atoms with E-state index in [1.54, 1.807) is 18.3 Å². The van der Waals surface area contributed by atoms with Crippen LogP contribution in [0.15, 0.2) is 71.9 Å². The number of nitrogens with zero attached hydrogens (tertiary/aromatic N) is 3. The number of sulfonamides is 1. The third kappa shape index (κ3) is 4.68. The Morgan fingerprint density at radius 1 is 1.12 bits per heavy atom. The summed E-state index contributed by atoms with van der Waals surface area (Å²) in [5.74, 6) is 0.102. The first-order valence-corrected chi connectivity index (χ1v) is 12.2. The second-order valence-corrected chi connectivity index (χ2v) is 10.3. The second-order valence-electron chi connectivity index (χ2n) is 8.69. The number of hydrogen-bond donors (Lipinski definition) is 2. The van der Waals surface area contributed by atoms with Crippen molar-refractivity contribution >= 4 is 27.6 Å². The number of amides is 1. The summed E-state index contributed by atoms with van der Waals surface area (Å²) < 4.78 is 27.5. The van der Waals surface area contributed by atoms with Gasteiger partial charge < -0.3 is 10.6 Å². The number of nitrogens with one attached hydrogen (secondary N) is 1. The lowest BCUT2D eigenvalue weighted by molar-refractivity contribution is 0.0981. The summed E-state index contributed by atoms with van der Waals surface area (Å²) in [6.45, 7) is 4.99. The molecule has 3 N–H and O–H groups in total. The van der Waals surface area contributed by atoms with E-state index in [9.17, 15) is 13.2 Å².